The fourth-order valence-corrected chi connectivity index (χ4v) is 2.43. The predicted octanol–water partition coefficient (Wildman–Crippen LogP) is 2.25. The van der Waals surface area contributed by atoms with Crippen LogP contribution in [-0.2, 0) is 17.0 Å². The van der Waals surface area contributed by atoms with E-state index in [-0.39, 0.29) is 5.91 Å². The van der Waals surface area contributed by atoms with Crippen molar-refractivity contribution in [2.75, 3.05) is 0 Å². The average molecular weight is 252 g/mol. The van der Waals surface area contributed by atoms with Crippen molar-refractivity contribution in [2.24, 2.45) is 5.84 Å². The van der Waals surface area contributed by atoms with Gasteiger partial charge in [-0.15, -0.1) is 0 Å². The summed E-state index contributed by atoms with van der Waals surface area (Å²) in [5.41, 5.74) is 4.46. The fraction of sp³-hybridized carbons (Fsp3) is 0.462. The van der Waals surface area contributed by atoms with Crippen LogP contribution in [0.15, 0.2) is 24.3 Å². The lowest BCUT2D eigenvalue weighted by Crippen LogP contribution is -2.31. The molecule has 0 radical (unpaired) electrons. The third kappa shape index (κ3) is 4.79. The zero-order valence-electron chi connectivity index (χ0n) is 10.4. The quantitative estimate of drug-likeness (QED) is 0.464. The third-order valence-electron chi connectivity index (χ3n) is 2.73. The summed E-state index contributed by atoms with van der Waals surface area (Å²) in [6.45, 7) is 4.41. The maximum atomic E-state index is 11.3. The summed E-state index contributed by atoms with van der Waals surface area (Å²) in [4.78, 5) is 11.3. The second-order valence-corrected chi connectivity index (χ2v) is 5.47. The maximum absolute atomic E-state index is 11.3. The molecule has 1 unspecified atom stereocenters. The normalized spacial score (nSPS) is 12.2. The Labute approximate surface area is 107 Å². The van der Waals surface area contributed by atoms with Crippen LogP contribution in [0.1, 0.15) is 31.4 Å². The van der Waals surface area contributed by atoms with E-state index >= 15 is 0 Å². The van der Waals surface area contributed by atoms with Crippen molar-refractivity contribution >= 4 is 17.7 Å². The van der Waals surface area contributed by atoms with Crippen molar-refractivity contribution in [2.45, 2.75) is 37.7 Å². The lowest BCUT2D eigenvalue weighted by molar-refractivity contribution is -0.120. The number of benzene rings is 1. The van der Waals surface area contributed by atoms with E-state index in [0.717, 1.165) is 17.7 Å². The van der Waals surface area contributed by atoms with Crippen LogP contribution in [0.5, 0.6) is 0 Å². The lowest BCUT2D eigenvalue weighted by atomic mass is 10.1. The highest BCUT2D eigenvalue weighted by Crippen LogP contribution is 2.22. The molecule has 0 saturated carbocycles. The predicted molar refractivity (Wildman–Crippen MR) is 73.5 cm³/mol. The van der Waals surface area contributed by atoms with Crippen LogP contribution in [-0.4, -0.2) is 11.2 Å². The molecule has 1 atom stereocenters. The van der Waals surface area contributed by atoms with Gasteiger partial charge in [-0.1, -0.05) is 38.1 Å². The minimum atomic E-state index is -0.147. The Morgan fingerprint density at radius 2 is 2.06 bits per heavy atom. The maximum Gasteiger partial charge on any atom is 0.238 e. The Balaban J connectivity index is 2.67. The largest absolute Gasteiger partial charge is 0.294 e. The van der Waals surface area contributed by atoms with Crippen LogP contribution >= 0.6 is 11.8 Å². The highest BCUT2D eigenvalue weighted by atomic mass is 32.2. The molecular formula is C13H20N2OS. The zero-order chi connectivity index (χ0) is 12.7. The third-order valence-corrected chi connectivity index (χ3v) is 4.11. The molecule has 1 aromatic carbocycles. The molecule has 0 aliphatic rings. The number of hydrazine groups is 1. The standard InChI is InChI=1S/C13H20N2OS/c1-3-10(2)17-9-12-7-5-4-6-11(12)8-13(16)15-14/h4-7,10H,3,8-9,14H2,1-2H3,(H,15,16). The number of rotatable bonds is 6. The van der Waals surface area contributed by atoms with Gasteiger partial charge in [0.05, 0.1) is 6.42 Å². The van der Waals surface area contributed by atoms with Gasteiger partial charge in [0.1, 0.15) is 0 Å². The zero-order valence-corrected chi connectivity index (χ0v) is 11.2. The van der Waals surface area contributed by atoms with Gasteiger partial charge in [-0.25, -0.2) is 5.84 Å². The van der Waals surface area contributed by atoms with Crippen LogP contribution in [0, 0.1) is 0 Å². The van der Waals surface area contributed by atoms with Crippen LogP contribution in [0.25, 0.3) is 0 Å². The first-order chi connectivity index (χ1) is 8.17. The molecule has 0 bridgehead atoms. The molecule has 0 aliphatic heterocycles. The van der Waals surface area contributed by atoms with Gasteiger partial charge in [0.15, 0.2) is 0 Å². The number of hydrogen-bond acceptors (Lipinski definition) is 3. The Kier molecular flexibility index (Phi) is 6.08. The van der Waals surface area contributed by atoms with Crippen LogP contribution in [0.4, 0.5) is 0 Å². The van der Waals surface area contributed by atoms with E-state index in [2.05, 4.69) is 25.3 Å². The van der Waals surface area contributed by atoms with Gasteiger partial charge >= 0.3 is 0 Å². The summed E-state index contributed by atoms with van der Waals surface area (Å²) in [5.74, 6) is 5.91. The molecule has 94 valence electrons. The molecule has 4 heteroatoms. The van der Waals surface area contributed by atoms with E-state index in [0.29, 0.717) is 11.7 Å². The topological polar surface area (TPSA) is 55.1 Å². The van der Waals surface area contributed by atoms with Gasteiger partial charge in [0.25, 0.3) is 0 Å². The van der Waals surface area contributed by atoms with Crippen molar-refractivity contribution in [3.05, 3.63) is 35.4 Å². The number of carbonyl (C=O) groups excluding carboxylic acids is 1. The minimum absolute atomic E-state index is 0.147. The van der Waals surface area contributed by atoms with E-state index in [9.17, 15) is 4.79 Å². The summed E-state index contributed by atoms with van der Waals surface area (Å²) in [5, 5.41) is 0.645. The minimum Gasteiger partial charge on any atom is -0.294 e. The molecule has 0 saturated heterocycles. The van der Waals surface area contributed by atoms with E-state index in [4.69, 9.17) is 5.84 Å². The number of nitrogens with one attached hydrogen (secondary N) is 1. The lowest BCUT2D eigenvalue weighted by Gasteiger charge is -2.11. The number of hydrogen-bond donors (Lipinski definition) is 2. The van der Waals surface area contributed by atoms with Crippen molar-refractivity contribution in [3.63, 3.8) is 0 Å². The molecule has 0 heterocycles. The summed E-state index contributed by atoms with van der Waals surface area (Å²) in [7, 11) is 0. The fourth-order valence-electron chi connectivity index (χ4n) is 1.44. The van der Waals surface area contributed by atoms with Crippen molar-refractivity contribution in [1.29, 1.82) is 0 Å². The van der Waals surface area contributed by atoms with Gasteiger partial charge in [0, 0.05) is 11.0 Å². The van der Waals surface area contributed by atoms with E-state index in [1.54, 1.807) is 0 Å². The summed E-state index contributed by atoms with van der Waals surface area (Å²) >= 11 is 1.92. The monoisotopic (exact) mass is 252 g/mol. The molecule has 1 amide bonds. The highest BCUT2D eigenvalue weighted by molar-refractivity contribution is 7.99. The molecule has 3 N–H and O–H groups in total. The van der Waals surface area contributed by atoms with Crippen molar-refractivity contribution in [3.8, 4) is 0 Å². The SMILES string of the molecule is CCC(C)SCc1ccccc1CC(=O)NN. The molecule has 0 aliphatic carbocycles. The Bertz CT molecular complexity index is 368. The first-order valence-electron chi connectivity index (χ1n) is 5.85. The molecule has 1 rings (SSSR count). The van der Waals surface area contributed by atoms with Crippen LogP contribution in [0.3, 0.4) is 0 Å². The Morgan fingerprint density at radius 3 is 2.65 bits per heavy atom. The number of carbonyl (C=O) groups is 1. The van der Waals surface area contributed by atoms with Crippen LogP contribution < -0.4 is 11.3 Å². The van der Waals surface area contributed by atoms with Gasteiger partial charge in [-0.05, 0) is 17.5 Å². The number of amides is 1. The molecule has 3 nitrogen and oxygen atoms in total. The first-order valence-corrected chi connectivity index (χ1v) is 6.90. The molecular weight excluding hydrogens is 232 g/mol. The Morgan fingerprint density at radius 1 is 1.41 bits per heavy atom. The van der Waals surface area contributed by atoms with Gasteiger partial charge < -0.3 is 0 Å². The molecule has 1 aromatic rings. The Hall–Kier alpha value is -1.00. The van der Waals surface area contributed by atoms with Gasteiger partial charge in [-0.3, -0.25) is 10.2 Å². The summed E-state index contributed by atoms with van der Waals surface area (Å²) in [6, 6.07) is 8.03. The average Bonchev–Trinajstić information content (AvgIpc) is 2.37. The first kappa shape index (κ1) is 14.1. The number of nitrogens with two attached hydrogens (primary N) is 1. The smallest absolute Gasteiger partial charge is 0.238 e. The number of thioether (sulfide) groups is 1. The van der Waals surface area contributed by atoms with Crippen molar-refractivity contribution < 1.29 is 4.79 Å². The van der Waals surface area contributed by atoms with Crippen molar-refractivity contribution in [1.82, 2.24) is 5.43 Å². The van der Waals surface area contributed by atoms with Crippen LogP contribution in [0.2, 0.25) is 0 Å². The molecule has 0 aromatic heterocycles. The van der Waals surface area contributed by atoms with E-state index < -0.39 is 0 Å². The van der Waals surface area contributed by atoms with Gasteiger partial charge in [-0.2, -0.15) is 11.8 Å². The summed E-state index contributed by atoms with van der Waals surface area (Å²) < 4.78 is 0. The molecule has 17 heavy (non-hydrogen) atoms. The summed E-state index contributed by atoms with van der Waals surface area (Å²) in [6.07, 6.45) is 1.52. The van der Waals surface area contributed by atoms with E-state index in [1.807, 2.05) is 30.0 Å². The second kappa shape index (κ2) is 7.35. The molecule has 0 fully saturated rings. The molecule has 0 spiro atoms. The highest BCUT2D eigenvalue weighted by Gasteiger charge is 2.08. The second-order valence-electron chi connectivity index (χ2n) is 4.04. The van der Waals surface area contributed by atoms with E-state index in [1.165, 1.54) is 5.56 Å². The van der Waals surface area contributed by atoms with Gasteiger partial charge in [0.2, 0.25) is 5.91 Å².